The average Bonchev–Trinajstić information content (AvgIpc) is 3.02. The maximum atomic E-state index is 10.5. The quantitative estimate of drug-likeness (QED) is 0.0140. The van der Waals surface area contributed by atoms with Crippen LogP contribution in [-0.2, 0) is 9.63 Å². The molecule has 0 aliphatic rings. The first-order valence-corrected chi connectivity index (χ1v) is 17.0. The lowest BCUT2D eigenvalue weighted by molar-refractivity contribution is -0.107. The molecule has 7 N–H and O–H groups in total. The van der Waals surface area contributed by atoms with Gasteiger partial charge in [0.05, 0.1) is 6.61 Å². The molecule has 0 bridgehead atoms. The van der Waals surface area contributed by atoms with Crippen LogP contribution in [0.1, 0.15) is 104 Å². The minimum absolute atomic E-state index is 0.421. The van der Waals surface area contributed by atoms with Gasteiger partial charge in [0.25, 0.3) is 0 Å². The standard InChI is InChI=1S/C21H37NOS.C5H14N2O.C5H14N2.C3H7N/c1-3-4-5-6-7-8-9-10-11-12-13-14-15-16-17-18-20(2)22-21(24)19-23;1-3-8-7-5-4-6-2;1-2-4-7-5-3-6;1-3-4-2/h7-8,10-11,19,21-22,24H,2-6,9,12-18H2,1H3;6-7H,3-5H2,1-2H3;7H,2-6H2,1H3;3-4H,1H2,2H3/b8-7-,11-10-;;;. The highest BCUT2D eigenvalue weighted by molar-refractivity contribution is 7.81. The van der Waals surface area contributed by atoms with Gasteiger partial charge in [-0.15, -0.1) is 12.6 Å². The molecule has 0 saturated heterocycles. The highest BCUT2D eigenvalue weighted by atomic mass is 32.1. The van der Waals surface area contributed by atoms with Crippen LogP contribution in [0.2, 0.25) is 0 Å². The number of likely N-dealkylation sites (N-methyl/N-ethyl adjacent to an activating group) is 1. The van der Waals surface area contributed by atoms with Gasteiger partial charge in [-0.2, -0.15) is 0 Å². The molecule has 256 valence electrons. The van der Waals surface area contributed by atoms with E-state index in [1.54, 1.807) is 6.20 Å². The monoisotopic (exact) mass is 629 g/mol. The van der Waals surface area contributed by atoms with E-state index in [0.29, 0.717) is 0 Å². The van der Waals surface area contributed by atoms with E-state index in [9.17, 15) is 4.79 Å². The summed E-state index contributed by atoms with van der Waals surface area (Å²) in [7, 11) is 3.72. The first-order valence-electron chi connectivity index (χ1n) is 16.5. The molecule has 0 heterocycles. The molecule has 0 amide bonds. The van der Waals surface area contributed by atoms with Gasteiger partial charge in [-0.1, -0.05) is 83.4 Å². The van der Waals surface area contributed by atoms with Crippen molar-refractivity contribution in [2.45, 2.75) is 110 Å². The Morgan fingerprint density at radius 1 is 0.860 bits per heavy atom. The Morgan fingerprint density at radius 2 is 1.47 bits per heavy atom. The van der Waals surface area contributed by atoms with Crippen molar-refractivity contribution < 1.29 is 9.63 Å². The predicted octanol–water partition coefficient (Wildman–Crippen LogP) is 6.40. The van der Waals surface area contributed by atoms with Crippen LogP contribution in [-0.4, -0.2) is 65.1 Å². The normalized spacial score (nSPS) is 11.0. The van der Waals surface area contributed by atoms with E-state index in [0.717, 1.165) is 70.6 Å². The van der Waals surface area contributed by atoms with E-state index in [1.807, 2.05) is 21.0 Å². The van der Waals surface area contributed by atoms with E-state index < -0.39 is 5.37 Å². The summed E-state index contributed by atoms with van der Waals surface area (Å²) in [4.78, 5) is 15.3. The lowest BCUT2D eigenvalue weighted by Crippen LogP contribution is -2.24. The molecule has 0 aromatic carbocycles. The van der Waals surface area contributed by atoms with Crippen molar-refractivity contribution in [3.8, 4) is 0 Å². The Bertz CT molecular complexity index is 581. The number of allylic oxidation sites excluding steroid dienone is 5. The second-order valence-electron chi connectivity index (χ2n) is 9.77. The largest absolute Gasteiger partial charge is 0.394 e. The molecule has 9 heteroatoms. The summed E-state index contributed by atoms with van der Waals surface area (Å²) in [6.07, 6.45) is 27.4. The summed E-state index contributed by atoms with van der Waals surface area (Å²) in [6, 6.07) is 0. The van der Waals surface area contributed by atoms with Crippen LogP contribution >= 0.6 is 12.6 Å². The van der Waals surface area contributed by atoms with Crippen LogP contribution in [0, 0.1) is 0 Å². The third kappa shape index (κ3) is 60.4. The van der Waals surface area contributed by atoms with Crippen LogP contribution in [0.15, 0.2) is 49.4 Å². The molecule has 0 aliphatic carbocycles. The molecule has 0 aromatic rings. The molecule has 8 nitrogen and oxygen atoms in total. The Kier molecular flexibility index (Phi) is 56.2. The van der Waals surface area contributed by atoms with Crippen molar-refractivity contribution in [3.63, 3.8) is 0 Å². The first kappa shape index (κ1) is 48.3. The smallest absolute Gasteiger partial charge is 0.152 e. The molecule has 0 rings (SSSR count). The van der Waals surface area contributed by atoms with Crippen LogP contribution < -0.4 is 32.5 Å². The number of hydroxylamine groups is 1. The van der Waals surface area contributed by atoms with Gasteiger partial charge in [-0.3, -0.25) is 0 Å². The molecule has 1 atom stereocenters. The third-order valence-electron chi connectivity index (χ3n) is 5.59. The number of nitrogens with one attached hydrogen (secondary N) is 5. The fourth-order valence-electron chi connectivity index (χ4n) is 3.22. The number of carbonyl (C=O) groups is 1. The van der Waals surface area contributed by atoms with Crippen molar-refractivity contribution in [2.24, 2.45) is 5.73 Å². The van der Waals surface area contributed by atoms with Gasteiger partial charge in [-0.05, 0) is 78.1 Å². The number of hydrogen-bond donors (Lipinski definition) is 7. The van der Waals surface area contributed by atoms with Gasteiger partial charge in [0, 0.05) is 38.9 Å². The average molecular weight is 629 g/mol. The molecule has 1 unspecified atom stereocenters. The fourth-order valence-corrected chi connectivity index (χ4v) is 3.40. The number of unbranched alkanes of at least 4 members (excludes halogenated alkanes) is 8. The van der Waals surface area contributed by atoms with Gasteiger partial charge < -0.3 is 36.6 Å². The maximum absolute atomic E-state index is 10.5. The van der Waals surface area contributed by atoms with Gasteiger partial charge in [-0.25, -0.2) is 5.48 Å². The van der Waals surface area contributed by atoms with Crippen molar-refractivity contribution in [2.75, 3.05) is 53.4 Å². The lowest BCUT2D eigenvalue weighted by Gasteiger charge is -2.10. The molecule has 0 spiro atoms. The minimum atomic E-state index is -0.421. The number of carbonyl (C=O) groups excluding carboxylic acids is 1. The van der Waals surface area contributed by atoms with E-state index in [-0.39, 0.29) is 0 Å². The number of nitrogens with two attached hydrogens (primary N) is 1. The fraction of sp³-hybridized carbons (Fsp3) is 0.735. The minimum Gasteiger partial charge on any atom is -0.394 e. The van der Waals surface area contributed by atoms with E-state index in [2.05, 4.69) is 90.7 Å². The number of aldehydes is 1. The summed E-state index contributed by atoms with van der Waals surface area (Å²) in [5.74, 6) is 0. The van der Waals surface area contributed by atoms with Crippen molar-refractivity contribution in [1.29, 1.82) is 0 Å². The van der Waals surface area contributed by atoms with Gasteiger partial charge in [0.15, 0.2) is 6.29 Å². The van der Waals surface area contributed by atoms with Crippen LogP contribution in [0.25, 0.3) is 0 Å². The molecule has 0 fully saturated rings. The Labute approximate surface area is 273 Å². The Balaban J connectivity index is -0.000000323. The summed E-state index contributed by atoms with van der Waals surface area (Å²) in [6.45, 7) is 19.0. The van der Waals surface area contributed by atoms with Crippen molar-refractivity contribution in [1.82, 2.24) is 26.7 Å². The van der Waals surface area contributed by atoms with E-state index in [4.69, 9.17) is 10.6 Å². The Hall–Kier alpha value is -1.62. The highest BCUT2D eigenvalue weighted by Crippen LogP contribution is 2.10. The van der Waals surface area contributed by atoms with Gasteiger partial charge in [0.1, 0.15) is 5.37 Å². The molecule has 43 heavy (non-hydrogen) atoms. The molecule has 0 radical (unpaired) electrons. The molecule has 0 saturated carbocycles. The van der Waals surface area contributed by atoms with Gasteiger partial charge >= 0.3 is 0 Å². The van der Waals surface area contributed by atoms with E-state index in [1.165, 1.54) is 64.2 Å². The molecular formula is C34H72N6O2S. The Morgan fingerprint density at radius 3 is 1.98 bits per heavy atom. The van der Waals surface area contributed by atoms with Crippen molar-refractivity contribution >= 4 is 18.9 Å². The third-order valence-corrected chi connectivity index (χ3v) is 5.84. The molecular weight excluding hydrogens is 556 g/mol. The summed E-state index contributed by atoms with van der Waals surface area (Å²) >= 11 is 4.07. The first-order chi connectivity index (χ1) is 20.9. The number of hydrogen-bond acceptors (Lipinski definition) is 9. The maximum Gasteiger partial charge on any atom is 0.152 e. The van der Waals surface area contributed by atoms with Gasteiger partial charge in [0.2, 0.25) is 0 Å². The number of rotatable bonds is 27. The SMILES string of the molecule is C=C(CCCCCCC/C=C\C/C=C\CCCCC)NC(S)C=O.C=CNC.CCCNCCN.CCONCCNC. The van der Waals surface area contributed by atoms with Crippen LogP contribution in [0.5, 0.6) is 0 Å². The summed E-state index contributed by atoms with van der Waals surface area (Å²) in [5.41, 5.74) is 8.89. The van der Waals surface area contributed by atoms with E-state index >= 15 is 0 Å². The lowest BCUT2D eigenvalue weighted by atomic mass is 10.1. The molecule has 0 aliphatic heterocycles. The summed E-state index contributed by atoms with van der Waals surface area (Å²) in [5, 5.41) is 11.4. The second-order valence-corrected chi connectivity index (χ2v) is 10.3. The van der Waals surface area contributed by atoms with Crippen molar-refractivity contribution in [3.05, 3.63) is 49.4 Å². The molecule has 0 aromatic heterocycles. The van der Waals surface area contributed by atoms with Crippen LogP contribution in [0.4, 0.5) is 0 Å². The number of thiol groups is 1. The topological polar surface area (TPSA) is 112 Å². The highest BCUT2D eigenvalue weighted by Gasteiger charge is 2.00. The second kappa shape index (κ2) is 50.0. The zero-order valence-electron chi connectivity index (χ0n) is 28.7. The predicted molar refractivity (Wildman–Crippen MR) is 195 cm³/mol. The zero-order chi connectivity index (χ0) is 33.1. The summed E-state index contributed by atoms with van der Waals surface area (Å²) < 4.78 is 0. The zero-order valence-corrected chi connectivity index (χ0v) is 29.6. The van der Waals surface area contributed by atoms with Crippen LogP contribution in [0.3, 0.4) is 0 Å².